The topological polar surface area (TPSA) is 54.4 Å². The minimum atomic E-state index is -0.801. The quantitative estimate of drug-likeness (QED) is 0.343. The van der Waals surface area contributed by atoms with E-state index in [-0.39, 0.29) is 10.8 Å². The van der Waals surface area contributed by atoms with Gasteiger partial charge in [0.1, 0.15) is 5.78 Å². The lowest BCUT2D eigenvalue weighted by Crippen LogP contribution is -2.56. The molecule has 3 heteroatoms. The average molecular weight is 455 g/mol. The third-order valence-electron chi connectivity index (χ3n) is 11.7. The minimum absolute atomic E-state index is 0.174. The fraction of sp³-hybridized carbons (Fsp3) is 0.800. The minimum Gasteiger partial charge on any atom is -0.478 e. The molecular weight excluding hydrogens is 408 g/mol. The first-order chi connectivity index (χ1) is 15.3. The molecule has 0 aromatic heterocycles. The van der Waals surface area contributed by atoms with E-state index in [1.54, 1.807) is 12.5 Å². The lowest BCUT2D eigenvalue weighted by atomic mass is 9.41. The molecule has 3 fully saturated rings. The Morgan fingerprint density at radius 3 is 2.48 bits per heavy atom. The molecule has 4 aliphatic rings. The largest absolute Gasteiger partial charge is 0.478 e. The number of fused-ring (bicyclic) bond motifs is 5. The maximum atomic E-state index is 12.8. The molecule has 0 saturated heterocycles. The molecule has 33 heavy (non-hydrogen) atoms. The molecule has 0 aliphatic heterocycles. The van der Waals surface area contributed by atoms with Crippen molar-refractivity contribution < 1.29 is 14.7 Å². The second-order valence-electron chi connectivity index (χ2n) is 13.3. The van der Waals surface area contributed by atoms with Crippen molar-refractivity contribution in [1.82, 2.24) is 0 Å². The standard InChI is InChI=1S/C30H46O3/c1-19(9-8-10-20(2)26(32)33)21-13-17-30(7)23-11-12-24-27(3,4)25(31)15-16-28(24,5)22(23)14-18-29(21,30)6/h10,14,19,21,23-24H,8-9,11-13,15-18H2,1-7H3,(H,32,33)/b20-10+/t19-,21-,23+,24+,28-,29-,30+/m1/s1. The van der Waals surface area contributed by atoms with Gasteiger partial charge in [-0.2, -0.15) is 0 Å². The average Bonchev–Trinajstić information content (AvgIpc) is 3.02. The van der Waals surface area contributed by atoms with Gasteiger partial charge in [0.05, 0.1) is 0 Å². The summed E-state index contributed by atoms with van der Waals surface area (Å²) in [5, 5.41) is 9.15. The Kier molecular flexibility index (Phi) is 6.07. The van der Waals surface area contributed by atoms with E-state index in [0.717, 1.165) is 32.1 Å². The van der Waals surface area contributed by atoms with E-state index in [0.29, 0.717) is 45.9 Å². The number of hydrogen-bond donors (Lipinski definition) is 1. The highest BCUT2D eigenvalue weighted by molar-refractivity contribution is 5.86. The molecule has 0 amide bonds. The number of carboxylic acid groups (broad SMARTS) is 1. The predicted octanol–water partition coefficient (Wildman–Crippen LogP) is 7.61. The van der Waals surface area contributed by atoms with Gasteiger partial charge in [-0.3, -0.25) is 4.79 Å². The van der Waals surface area contributed by atoms with Crippen LogP contribution in [0.2, 0.25) is 0 Å². The summed E-state index contributed by atoms with van der Waals surface area (Å²) in [5.74, 6) is 2.08. The molecule has 0 aromatic carbocycles. The Labute approximate surface area is 201 Å². The van der Waals surface area contributed by atoms with Crippen molar-refractivity contribution in [2.24, 2.45) is 45.3 Å². The normalized spacial score (nSPS) is 43.2. The van der Waals surface area contributed by atoms with E-state index in [1.165, 1.54) is 25.7 Å². The zero-order valence-electron chi connectivity index (χ0n) is 22.1. The number of Topliss-reactive ketones (excluding diaryl/α,β-unsaturated/α-hetero) is 1. The van der Waals surface area contributed by atoms with Crippen molar-refractivity contribution in [1.29, 1.82) is 0 Å². The summed E-state index contributed by atoms with van der Waals surface area (Å²) in [5.41, 5.74) is 2.77. The Hall–Kier alpha value is -1.38. The van der Waals surface area contributed by atoms with Crippen LogP contribution in [0.4, 0.5) is 0 Å². The Bertz CT molecular complexity index is 894. The van der Waals surface area contributed by atoms with E-state index >= 15 is 0 Å². The van der Waals surface area contributed by atoms with Gasteiger partial charge in [0.15, 0.2) is 0 Å². The van der Waals surface area contributed by atoms with Crippen LogP contribution in [-0.2, 0) is 9.59 Å². The summed E-state index contributed by atoms with van der Waals surface area (Å²) in [6.45, 7) is 16.2. The summed E-state index contributed by atoms with van der Waals surface area (Å²) in [7, 11) is 0. The molecule has 3 saturated carbocycles. The first kappa shape index (κ1) is 24.7. The van der Waals surface area contributed by atoms with Crippen LogP contribution in [0.5, 0.6) is 0 Å². The van der Waals surface area contributed by atoms with Gasteiger partial charge < -0.3 is 5.11 Å². The summed E-state index contributed by atoms with van der Waals surface area (Å²) in [6.07, 6.45) is 14.4. The smallest absolute Gasteiger partial charge is 0.330 e. The van der Waals surface area contributed by atoms with Crippen LogP contribution in [0.25, 0.3) is 0 Å². The maximum Gasteiger partial charge on any atom is 0.330 e. The monoisotopic (exact) mass is 454 g/mol. The molecule has 184 valence electrons. The van der Waals surface area contributed by atoms with E-state index in [1.807, 2.05) is 6.08 Å². The summed E-state index contributed by atoms with van der Waals surface area (Å²) in [6, 6.07) is 0. The molecule has 1 N–H and O–H groups in total. The van der Waals surface area contributed by atoms with Crippen LogP contribution in [0, 0.1) is 45.3 Å². The molecule has 0 aromatic rings. The van der Waals surface area contributed by atoms with E-state index in [9.17, 15) is 9.59 Å². The Morgan fingerprint density at radius 2 is 1.82 bits per heavy atom. The number of carbonyl (C=O) groups is 2. The molecule has 7 atom stereocenters. The van der Waals surface area contributed by atoms with Crippen molar-refractivity contribution in [3.8, 4) is 0 Å². The molecular formula is C30H46O3. The van der Waals surface area contributed by atoms with Crippen molar-refractivity contribution in [3.63, 3.8) is 0 Å². The van der Waals surface area contributed by atoms with Gasteiger partial charge in [0.25, 0.3) is 0 Å². The van der Waals surface area contributed by atoms with Crippen LogP contribution < -0.4 is 0 Å². The van der Waals surface area contributed by atoms with Gasteiger partial charge in [-0.15, -0.1) is 0 Å². The van der Waals surface area contributed by atoms with Crippen molar-refractivity contribution in [2.45, 2.75) is 106 Å². The second kappa shape index (κ2) is 8.09. The number of allylic oxidation sites excluding steroid dienone is 3. The first-order valence-corrected chi connectivity index (χ1v) is 13.4. The number of carbonyl (C=O) groups excluding carboxylic acids is 1. The number of carboxylic acids is 1. The van der Waals surface area contributed by atoms with Gasteiger partial charge in [-0.25, -0.2) is 4.79 Å². The van der Waals surface area contributed by atoms with Crippen LogP contribution in [-0.4, -0.2) is 16.9 Å². The van der Waals surface area contributed by atoms with Crippen molar-refractivity contribution in [2.75, 3.05) is 0 Å². The molecule has 4 rings (SSSR count). The van der Waals surface area contributed by atoms with Gasteiger partial charge in [-0.05, 0) is 98.2 Å². The SMILES string of the molecule is C/C(=C\CC[C@@H](C)[C@H]1CC[C@@]2(C)[C@H]3CC[C@H]4C(C)(C)C(=O)CC[C@]4(C)C3=CC[C@]12C)C(=O)O. The first-order valence-electron chi connectivity index (χ1n) is 13.4. The lowest BCUT2D eigenvalue weighted by Gasteiger charge is -2.63. The number of ketones is 1. The molecule has 0 bridgehead atoms. The molecule has 0 radical (unpaired) electrons. The molecule has 4 aliphatic carbocycles. The summed E-state index contributed by atoms with van der Waals surface area (Å²) >= 11 is 0. The fourth-order valence-corrected chi connectivity index (χ4v) is 9.33. The van der Waals surface area contributed by atoms with E-state index < -0.39 is 5.97 Å². The third kappa shape index (κ3) is 3.50. The fourth-order valence-electron chi connectivity index (χ4n) is 9.33. The van der Waals surface area contributed by atoms with E-state index in [4.69, 9.17) is 5.11 Å². The van der Waals surface area contributed by atoms with E-state index in [2.05, 4.69) is 47.6 Å². The zero-order chi connectivity index (χ0) is 24.4. The van der Waals surface area contributed by atoms with Crippen LogP contribution in [0.1, 0.15) is 106 Å². The molecule has 0 heterocycles. The predicted molar refractivity (Wildman–Crippen MR) is 134 cm³/mol. The third-order valence-corrected chi connectivity index (χ3v) is 11.7. The van der Waals surface area contributed by atoms with Crippen LogP contribution >= 0.6 is 0 Å². The van der Waals surface area contributed by atoms with Crippen LogP contribution in [0.15, 0.2) is 23.3 Å². The van der Waals surface area contributed by atoms with Crippen molar-refractivity contribution in [3.05, 3.63) is 23.3 Å². The lowest BCUT2D eigenvalue weighted by molar-refractivity contribution is -0.142. The van der Waals surface area contributed by atoms with Gasteiger partial charge in [0, 0.05) is 17.4 Å². The molecule has 0 spiro atoms. The van der Waals surface area contributed by atoms with Gasteiger partial charge in [-0.1, -0.05) is 59.3 Å². The van der Waals surface area contributed by atoms with Crippen molar-refractivity contribution >= 4 is 11.8 Å². The second-order valence-corrected chi connectivity index (χ2v) is 13.3. The Morgan fingerprint density at radius 1 is 1.12 bits per heavy atom. The highest BCUT2D eigenvalue weighted by atomic mass is 16.4. The molecule has 3 nitrogen and oxygen atoms in total. The Balaban J connectivity index is 1.59. The van der Waals surface area contributed by atoms with Crippen LogP contribution in [0.3, 0.4) is 0 Å². The number of hydrogen-bond acceptors (Lipinski definition) is 2. The van der Waals surface area contributed by atoms with Gasteiger partial charge >= 0.3 is 5.97 Å². The highest BCUT2D eigenvalue weighted by Crippen LogP contribution is 2.72. The highest BCUT2D eigenvalue weighted by Gasteiger charge is 2.65. The number of aliphatic carboxylic acids is 1. The number of rotatable bonds is 5. The maximum absolute atomic E-state index is 12.8. The van der Waals surface area contributed by atoms with Gasteiger partial charge in [0.2, 0.25) is 0 Å². The summed E-state index contributed by atoms with van der Waals surface area (Å²) < 4.78 is 0. The summed E-state index contributed by atoms with van der Waals surface area (Å²) in [4.78, 5) is 23.9. The molecule has 0 unspecified atom stereocenters. The zero-order valence-corrected chi connectivity index (χ0v) is 22.1.